The molecular weight excluding hydrogens is 252 g/mol. The van der Waals surface area contributed by atoms with E-state index in [1.54, 1.807) is 0 Å². The molecule has 1 atom stereocenters. The third-order valence-corrected chi connectivity index (χ3v) is 3.48. The zero-order valence-corrected chi connectivity index (χ0v) is 11.5. The van der Waals surface area contributed by atoms with E-state index in [-0.39, 0.29) is 0 Å². The van der Waals surface area contributed by atoms with Crippen molar-refractivity contribution in [3.8, 4) is 0 Å². The molecule has 0 aliphatic heterocycles. The van der Waals surface area contributed by atoms with Gasteiger partial charge in [-0.1, -0.05) is 18.2 Å². The van der Waals surface area contributed by atoms with Crippen LogP contribution in [0.25, 0.3) is 10.9 Å². The van der Waals surface area contributed by atoms with E-state index < -0.39 is 6.10 Å². The van der Waals surface area contributed by atoms with Crippen LogP contribution >= 0.6 is 0 Å². The Labute approximate surface area is 118 Å². The largest absolute Gasteiger partial charge is 0.389 e. The maximum atomic E-state index is 9.84. The average Bonchev–Trinajstić information content (AvgIpc) is 3.29. The molecule has 4 nitrogen and oxygen atoms in total. The number of ether oxygens (including phenoxy) is 1. The molecule has 1 aromatic heterocycles. The minimum atomic E-state index is -0.498. The van der Waals surface area contributed by atoms with Crippen LogP contribution in [0.5, 0.6) is 0 Å². The quantitative estimate of drug-likeness (QED) is 0.813. The van der Waals surface area contributed by atoms with Gasteiger partial charge in [0.2, 0.25) is 0 Å². The van der Waals surface area contributed by atoms with Crippen molar-refractivity contribution in [3.63, 3.8) is 0 Å². The number of aliphatic hydroxyl groups excluding tert-OH is 1. The van der Waals surface area contributed by atoms with Crippen molar-refractivity contribution in [3.05, 3.63) is 36.4 Å². The van der Waals surface area contributed by atoms with E-state index in [2.05, 4.69) is 10.3 Å². The molecule has 2 N–H and O–H groups in total. The number of benzene rings is 1. The van der Waals surface area contributed by atoms with E-state index in [0.29, 0.717) is 13.2 Å². The van der Waals surface area contributed by atoms with Gasteiger partial charge in [0.25, 0.3) is 0 Å². The van der Waals surface area contributed by atoms with Crippen molar-refractivity contribution in [1.29, 1.82) is 0 Å². The number of hydrogen-bond donors (Lipinski definition) is 2. The zero-order valence-electron chi connectivity index (χ0n) is 11.5. The molecule has 0 amide bonds. The maximum absolute atomic E-state index is 9.84. The van der Waals surface area contributed by atoms with Gasteiger partial charge in [-0.25, -0.2) is 4.98 Å². The molecule has 0 bridgehead atoms. The second kappa shape index (κ2) is 6.20. The predicted octanol–water partition coefficient (Wildman–Crippen LogP) is 2.43. The lowest BCUT2D eigenvalue weighted by atomic mass is 10.2. The Morgan fingerprint density at radius 2 is 2.10 bits per heavy atom. The van der Waals surface area contributed by atoms with E-state index >= 15 is 0 Å². The van der Waals surface area contributed by atoms with Crippen LogP contribution in [0.2, 0.25) is 0 Å². The molecule has 1 fully saturated rings. The Kier molecular flexibility index (Phi) is 4.14. The molecule has 1 aliphatic rings. The first kappa shape index (κ1) is 13.3. The standard InChI is InChI=1S/C16H20N2O2/c19-14(11-20-10-12-5-6-12)9-17-16-8-7-13-3-1-2-4-15(13)18-16/h1-4,7-8,12,14,19H,5-6,9-11H2,(H,17,18). The summed E-state index contributed by atoms with van der Waals surface area (Å²) in [6.07, 6.45) is 2.05. The van der Waals surface area contributed by atoms with Gasteiger partial charge in [0.1, 0.15) is 5.82 Å². The highest BCUT2D eigenvalue weighted by Crippen LogP contribution is 2.28. The Morgan fingerprint density at radius 1 is 1.25 bits per heavy atom. The predicted molar refractivity (Wildman–Crippen MR) is 79.8 cm³/mol. The van der Waals surface area contributed by atoms with Gasteiger partial charge in [-0.2, -0.15) is 0 Å². The van der Waals surface area contributed by atoms with Gasteiger partial charge in [-0.3, -0.25) is 0 Å². The fourth-order valence-corrected chi connectivity index (χ4v) is 2.10. The lowest BCUT2D eigenvalue weighted by Crippen LogP contribution is -2.25. The highest BCUT2D eigenvalue weighted by atomic mass is 16.5. The molecule has 1 saturated carbocycles. The molecule has 0 radical (unpaired) electrons. The second-order valence-electron chi connectivity index (χ2n) is 5.40. The van der Waals surface area contributed by atoms with Crippen molar-refractivity contribution in [1.82, 2.24) is 4.98 Å². The number of anilines is 1. The molecule has 106 valence electrons. The molecular formula is C16H20N2O2. The van der Waals surface area contributed by atoms with Crippen LogP contribution in [-0.2, 0) is 4.74 Å². The first-order valence-corrected chi connectivity index (χ1v) is 7.17. The molecule has 0 saturated heterocycles. The first-order valence-electron chi connectivity index (χ1n) is 7.17. The molecule has 1 heterocycles. The highest BCUT2D eigenvalue weighted by molar-refractivity contribution is 5.79. The van der Waals surface area contributed by atoms with Crippen LogP contribution < -0.4 is 5.32 Å². The molecule has 2 aromatic rings. The summed E-state index contributed by atoms with van der Waals surface area (Å²) in [4.78, 5) is 4.50. The third kappa shape index (κ3) is 3.68. The van der Waals surface area contributed by atoms with E-state index in [4.69, 9.17) is 4.74 Å². The fourth-order valence-electron chi connectivity index (χ4n) is 2.10. The summed E-state index contributed by atoms with van der Waals surface area (Å²) in [5, 5.41) is 14.1. The Hall–Kier alpha value is -1.65. The average molecular weight is 272 g/mol. The smallest absolute Gasteiger partial charge is 0.126 e. The van der Waals surface area contributed by atoms with Gasteiger partial charge in [0.05, 0.1) is 18.2 Å². The third-order valence-electron chi connectivity index (χ3n) is 3.48. The SMILES string of the molecule is OC(CNc1ccc2ccccc2n1)COCC1CC1. The van der Waals surface area contributed by atoms with E-state index in [9.17, 15) is 5.11 Å². The van der Waals surface area contributed by atoms with Crippen LogP contribution in [0.15, 0.2) is 36.4 Å². The van der Waals surface area contributed by atoms with Crippen molar-refractivity contribution in [2.75, 3.05) is 25.1 Å². The zero-order chi connectivity index (χ0) is 13.8. The molecule has 3 rings (SSSR count). The lowest BCUT2D eigenvalue weighted by Gasteiger charge is -2.13. The fraction of sp³-hybridized carbons (Fsp3) is 0.438. The highest BCUT2D eigenvalue weighted by Gasteiger charge is 2.21. The van der Waals surface area contributed by atoms with E-state index in [1.165, 1.54) is 12.8 Å². The second-order valence-corrected chi connectivity index (χ2v) is 5.40. The summed E-state index contributed by atoms with van der Waals surface area (Å²) in [5.41, 5.74) is 0.956. The van der Waals surface area contributed by atoms with Crippen LogP contribution in [0, 0.1) is 5.92 Å². The van der Waals surface area contributed by atoms with Crippen molar-refractivity contribution < 1.29 is 9.84 Å². The summed E-state index contributed by atoms with van der Waals surface area (Å²) in [6.45, 7) is 1.62. The summed E-state index contributed by atoms with van der Waals surface area (Å²) in [7, 11) is 0. The van der Waals surface area contributed by atoms with Crippen LogP contribution in [-0.4, -0.2) is 36.0 Å². The van der Waals surface area contributed by atoms with E-state index in [1.807, 2.05) is 36.4 Å². The number of hydrogen-bond acceptors (Lipinski definition) is 4. The minimum absolute atomic E-state index is 0.386. The number of nitrogens with zero attached hydrogens (tertiary/aromatic N) is 1. The lowest BCUT2D eigenvalue weighted by molar-refractivity contribution is 0.0386. The molecule has 0 spiro atoms. The van der Waals surface area contributed by atoms with Gasteiger partial charge >= 0.3 is 0 Å². The Bertz CT molecular complexity index is 569. The summed E-state index contributed by atoms with van der Waals surface area (Å²) in [5.74, 6) is 1.52. The monoisotopic (exact) mass is 272 g/mol. The van der Waals surface area contributed by atoms with Gasteiger partial charge < -0.3 is 15.2 Å². The summed E-state index contributed by atoms with van der Waals surface area (Å²) >= 11 is 0. The van der Waals surface area contributed by atoms with Gasteiger partial charge in [0, 0.05) is 18.5 Å². The number of aliphatic hydroxyl groups is 1. The van der Waals surface area contributed by atoms with Crippen molar-refractivity contribution in [2.24, 2.45) is 5.92 Å². The summed E-state index contributed by atoms with van der Waals surface area (Å²) in [6, 6.07) is 11.9. The van der Waals surface area contributed by atoms with Gasteiger partial charge in [0.15, 0.2) is 0 Å². The Balaban J connectivity index is 1.48. The van der Waals surface area contributed by atoms with Crippen molar-refractivity contribution in [2.45, 2.75) is 18.9 Å². The van der Waals surface area contributed by atoms with Gasteiger partial charge in [-0.05, 0) is 37.0 Å². The molecule has 20 heavy (non-hydrogen) atoms. The van der Waals surface area contributed by atoms with Crippen LogP contribution in [0.4, 0.5) is 5.82 Å². The number of aromatic nitrogens is 1. The molecule has 1 aliphatic carbocycles. The van der Waals surface area contributed by atoms with Crippen molar-refractivity contribution >= 4 is 16.7 Å². The molecule has 1 aromatic carbocycles. The molecule has 1 unspecified atom stereocenters. The first-order chi connectivity index (χ1) is 9.81. The minimum Gasteiger partial charge on any atom is -0.389 e. The van der Waals surface area contributed by atoms with E-state index in [0.717, 1.165) is 29.2 Å². The number of rotatable bonds is 7. The normalized spacial score (nSPS) is 16.2. The Morgan fingerprint density at radius 3 is 2.95 bits per heavy atom. The topological polar surface area (TPSA) is 54.4 Å². The number of nitrogens with one attached hydrogen (secondary N) is 1. The maximum Gasteiger partial charge on any atom is 0.126 e. The summed E-state index contributed by atoms with van der Waals surface area (Å²) < 4.78 is 5.47. The number of pyridine rings is 1. The number of para-hydroxylation sites is 1. The molecule has 4 heteroatoms. The van der Waals surface area contributed by atoms with Crippen LogP contribution in [0.3, 0.4) is 0 Å². The van der Waals surface area contributed by atoms with Gasteiger partial charge in [-0.15, -0.1) is 0 Å². The van der Waals surface area contributed by atoms with Crippen LogP contribution in [0.1, 0.15) is 12.8 Å². The number of fused-ring (bicyclic) bond motifs is 1.